The fraction of sp³-hybridized carbons (Fsp3) is 0.300. The zero-order valence-corrected chi connectivity index (χ0v) is 16.1. The second-order valence-electron chi connectivity index (χ2n) is 7.14. The Labute approximate surface area is 173 Å². The van der Waals surface area contributed by atoms with Gasteiger partial charge in [0.05, 0.1) is 18.4 Å². The number of aromatic amines is 1. The normalized spacial score (nSPS) is 17.7. The summed E-state index contributed by atoms with van der Waals surface area (Å²) in [6.07, 6.45) is -3.02. The Kier molecular flexibility index (Phi) is 5.34. The van der Waals surface area contributed by atoms with Crippen LogP contribution in [0.2, 0.25) is 0 Å². The maximum atomic E-state index is 13.6. The van der Waals surface area contributed by atoms with Gasteiger partial charge in [-0.25, -0.2) is 9.37 Å². The van der Waals surface area contributed by atoms with Gasteiger partial charge in [-0.05, 0) is 30.7 Å². The number of alkyl halides is 4. The van der Waals surface area contributed by atoms with Crippen molar-refractivity contribution in [3.05, 3.63) is 66.0 Å². The number of likely N-dealkylation sites (tertiary alicyclic amines) is 1. The first-order chi connectivity index (χ1) is 14.8. The van der Waals surface area contributed by atoms with Gasteiger partial charge < -0.3 is 10.2 Å². The third-order valence-electron chi connectivity index (χ3n) is 5.03. The van der Waals surface area contributed by atoms with E-state index in [9.17, 15) is 27.2 Å². The minimum atomic E-state index is -4.79. The fourth-order valence-corrected chi connectivity index (χ4v) is 3.54. The van der Waals surface area contributed by atoms with Crippen LogP contribution in [0.3, 0.4) is 0 Å². The van der Waals surface area contributed by atoms with Gasteiger partial charge in [0.2, 0.25) is 5.69 Å². The molecule has 31 heavy (non-hydrogen) atoms. The summed E-state index contributed by atoms with van der Waals surface area (Å²) in [6, 6.07) is 6.36. The molecule has 1 unspecified atom stereocenters. The first kappa shape index (κ1) is 20.8. The van der Waals surface area contributed by atoms with Gasteiger partial charge in [-0.2, -0.15) is 17.6 Å². The van der Waals surface area contributed by atoms with Gasteiger partial charge in [0.15, 0.2) is 11.6 Å². The molecule has 2 atom stereocenters. The highest BCUT2D eigenvalue weighted by Gasteiger charge is 2.44. The monoisotopic (exact) mass is 436 g/mol. The number of rotatable bonds is 4. The predicted molar refractivity (Wildman–Crippen MR) is 99.9 cm³/mol. The molecule has 0 radical (unpaired) electrons. The van der Waals surface area contributed by atoms with Gasteiger partial charge in [0.25, 0.3) is 5.91 Å². The number of nitrogens with one attached hydrogen (secondary N) is 2. The summed E-state index contributed by atoms with van der Waals surface area (Å²) in [5.74, 6) is -1.64. The maximum absolute atomic E-state index is 13.6. The SMILES string of the molecule is O=C(NC(c1ccccn1)C(F)(F)F)c1[nH]c(C(=O)N2CC[C@@H](F)C2)[n+]2ccccc12. The van der Waals surface area contributed by atoms with Crippen LogP contribution < -0.4 is 9.72 Å². The first-order valence-electron chi connectivity index (χ1n) is 9.50. The number of nitrogens with zero attached hydrogens (tertiary/aromatic N) is 3. The molecule has 0 aromatic carbocycles. The summed E-state index contributed by atoms with van der Waals surface area (Å²) < 4.78 is 55.7. The third-order valence-corrected chi connectivity index (χ3v) is 5.03. The van der Waals surface area contributed by atoms with Gasteiger partial charge in [-0.15, -0.1) is 0 Å². The second kappa shape index (κ2) is 7.97. The van der Waals surface area contributed by atoms with Crippen molar-refractivity contribution in [1.29, 1.82) is 0 Å². The van der Waals surface area contributed by atoms with Gasteiger partial charge in [0.1, 0.15) is 6.17 Å². The number of carbonyl (C=O) groups is 2. The van der Waals surface area contributed by atoms with Gasteiger partial charge in [-0.3, -0.25) is 14.6 Å². The zero-order chi connectivity index (χ0) is 22.2. The van der Waals surface area contributed by atoms with Crippen LogP contribution >= 0.6 is 0 Å². The summed E-state index contributed by atoms with van der Waals surface area (Å²) in [5, 5.41) is 1.95. The Hall–Kier alpha value is -3.50. The highest BCUT2D eigenvalue weighted by atomic mass is 19.4. The molecule has 0 bridgehead atoms. The molecule has 1 saturated heterocycles. The molecule has 4 heterocycles. The molecule has 1 aliphatic heterocycles. The van der Waals surface area contributed by atoms with E-state index < -0.39 is 30.2 Å². The quantitative estimate of drug-likeness (QED) is 0.487. The van der Waals surface area contributed by atoms with Crippen molar-refractivity contribution in [2.45, 2.75) is 24.8 Å². The predicted octanol–water partition coefficient (Wildman–Crippen LogP) is 2.37. The smallest absolute Gasteiger partial charge is 0.332 e. The van der Waals surface area contributed by atoms with Gasteiger partial charge >= 0.3 is 17.9 Å². The standard InChI is InChI=1S/C20H17F4N5O2/c21-12-7-10-28(11-12)19(31)17-26-15(14-6-2-4-9-29(14)17)18(30)27-16(20(22,23)24)13-5-1-3-8-25-13/h1-6,8-9,12,16H,7,10-11H2,(H,27,30)/p+1/t12-,16?/m1/s1. The molecule has 4 rings (SSSR count). The highest BCUT2D eigenvalue weighted by molar-refractivity contribution is 6.00. The van der Waals surface area contributed by atoms with Crippen LogP contribution in [-0.2, 0) is 0 Å². The van der Waals surface area contributed by atoms with E-state index >= 15 is 0 Å². The van der Waals surface area contributed by atoms with E-state index in [1.54, 1.807) is 12.1 Å². The van der Waals surface area contributed by atoms with Crippen molar-refractivity contribution in [2.75, 3.05) is 13.1 Å². The van der Waals surface area contributed by atoms with Crippen molar-refractivity contribution in [3.63, 3.8) is 0 Å². The second-order valence-corrected chi connectivity index (χ2v) is 7.14. The number of halogens is 4. The Morgan fingerprint density at radius 3 is 2.65 bits per heavy atom. The number of carbonyl (C=O) groups excluding carboxylic acids is 2. The molecule has 3 aromatic heterocycles. The Morgan fingerprint density at radius 1 is 1.23 bits per heavy atom. The Balaban J connectivity index is 1.69. The molecular weight excluding hydrogens is 418 g/mol. The number of aromatic nitrogens is 3. The summed E-state index contributed by atoms with van der Waals surface area (Å²) in [7, 11) is 0. The average Bonchev–Trinajstić information content (AvgIpc) is 3.35. The molecule has 11 heteroatoms. The van der Waals surface area contributed by atoms with E-state index in [0.717, 1.165) is 6.07 Å². The average molecular weight is 436 g/mol. The third kappa shape index (κ3) is 4.07. The molecule has 3 aromatic rings. The number of imidazole rings is 1. The van der Waals surface area contributed by atoms with Crippen molar-refractivity contribution in [2.24, 2.45) is 0 Å². The highest BCUT2D eigenvalue weighted by Crippen LogP contribution is 2.31. The molecule has 2 N–H and O–H groups in total. The lowest BCUT2D eigenvalue weighted by atomic mass is 10.1. The van der Waals surface area contributed by atoms with Crippen LogP contribution in [0.1, 0.15) is 39.3 Å². The van der Waals surface area contributed by atoms with Crippen molar-refractivity contribution in [3.8, 4) is 0 Å². The number of H-pyrrole nitrogens is 1. The minimum Gasteiger partial charge on any atom is -0.332 e. The van der Waals surface area contributed by atoms with E-state index in [2.05, 4.69) is 9.97 Å². The van der Waals surface area contributed by atoms with Crippen LogP contribution in [0.5, 0.6) is 0 Å². The summed E-state index contributed by atoms with van der Waals surface area (Å²) in [5.41, 5.74) is -0.374. The van der Waals surface area contributed by atoms with E-state index in [1.165, 1.54) is 39.9 Å². The largest absolute Gasteiger partial charge is 0.414 e. The fourth-order valence-electron chi connectivity index (χ4n) is 3.54. The van der Waals surface area contributed by atoms with Crippen molar-refractivity contribution in [1.82, 2.24) is 20.2 Å². The molecule has 0 aliphatic carbocycles. The van der Waals surface area contributed by atoms with E-state index in [-0.39, 0.29) is 42.2 Å². The molecule has 1 aliphatic rings. The van der Waals surface area contributed by atoms with Gasteiger partial charge in [-0.1, -0.05) is 12.1 Å². The number of hydrogen-bond donors (Lipinski definition) is 2. The molecule has 1 fully saturated rings. The van der Waals surface area contributed by atoms with Crippen molar-refractivity contribution < 1.29 is 31.6 Å². The molecule has 2 amide bonds. The summed E-state index contributed by atoms with van der Waals surface area (Å²) in [4.78, 5) is 33.3. The lowest BCUT2D eigenvalue weighted by Gasteiger charge is -2.20. The summed E-state index contributed by atoms with van der Waals surface area (Å²) >= 11 is 0. The van der Waals surface area contributed by atoms with Crippen LogP contribution in [0, 0.1) is 0 Å². The molecule has 0 spiro atoms. The molecule has 7 nitrogen and oxygen atoms in total. The van der Waals surface area contributed by atoms with E-state index in [4.69, 9.17) is 0 Å². The van der Waals surface area contributed by atoms with Crippen LogP contribution in [0.4, 0.5) is 17.6 Å². The maximum Gasteiger partial charge on any atom is 0.414 e. The Bertz CT molecular complexity index is 1120. The number of fused-ring (bicyclic) bond motifs is 1. The first-order valence-corrected chi connectivity index (χ1v) is 9.50. The molecule has 0 saturated carbocycles. The van der Waals surface area contributed by atoms with E-state index in [1.807, 2.05) is 5.32 Å². The van der Waals surface area contributed by atoms with Crippen molar-refractivity contribution >= 4 is 17.3 Å². The van der Waals surface area contributed by atoms with Crippen LogP contribution in [0.15, 0.2) is 48.8 Å². The number of hydrogen-bond acceptors (Lipinski definition) is 3. The van der Waals surface area contributed by atoms with E-state index in [0.29, 0.717) is 0 Å². The number of pyridine rings is 2. The molecule has 162 valence electrons. The lowest BCUT2D eigenvalue weighted by molar-refractivity contribution is -0.514. The Morgan fingerprint density at radius 2 is 2.00 bits per heavy atom. The minimum absolute atomic E-state index is 0.0451. The van der Waals surface area contributed by atoms with Gasteiger partial charge in [0, 0.05) is 12.7 Å². The summed E-state index contributed by atoms with van der Waals surface area (Å²) in [6.45, 7) is 0.134. The topological polar surface area (TPSA) is 82.2 Å². The van der Waals surface area contributed by atoms with Crippen LogP contribution in [-0.4, -0.2) is 52.1 Å². The molecular formula is C20H18F4N5O2+. The number of amides is 2. The van der Waals surface area contributed by atoms with Crippen LogP contribution in [0.25, 0.3) is 5.52 Å². The zero-order valence-electron chi connectivity index (χ0n) is 16.1. The lowest BCUT2D eigenvalue weighted by Crippen LogP contribution is -2.39.